The number of rotatable bonds is 9. The second kappa shape index (κ2) is 9.52. The Hall–Kier alpha value is -1.39. The molecule has 26 heavy (non-hydrogen) atoms. The molecule has 1 aromatic carbocycles. The van der Waals surface area contributed by atoms with E-state index >= 15 is 0 Å². The van der Waals surface area contributed by atoms with Gasteiger partial charge in [0.05, 0.1) is 21.7 Å². The minimum atomic E-state index is -3.20. The largest absolute Gasteiger partial charge is 0.258 e. The summed E-state index contributed by atoms with van der Waals surface area (Å²) in [4.78, 5) is 4.29. The highest BCUT2D eigenvalue weighted by molar-refractivity contribution is 7.91. The molecular weight excluding hydrogens is 366 g/mol. The van der Waals surface area contributed by atoms with E-state index in [0.717, 1.165) is 24.8 Å². The highest BCUT2D eigenvalue weighted by Crippen LogP contribution is 2.20. The van der Waals surface area contributed by atoms with Crippen molar-refractivity contribution in [3.63, 3.8) is 0 Å². The molecule has 0 spiro atoms. The van der Waals surface area contributed by atoms with Gasteiger partial charge in [-0.3, -0.25) is 4.98 Å². The van der Waals surface area contributed by atoms with Crippen molar-refractivity contribution in [2.75, 3.05) is 0 Å². The average molecular weight is 394 g/mol. The molecule has 0 unspecified atom stereocenters. The number of benzene rings is 1. The Morgan fingerprint density at radius 3 is 2.12 bits per heavy atom. The topological polar surface area (TPSA) is 47.0 Å². The van der Waals surface area contributed by atoms with Gasteiger partial charge in [-0.15, -0.1) is 0 Å². The third-order valence-corrected chi connectivity index (χ3v) is 7.01. The van der Waals surface area contributed by atoms with Crippen molar-refractivity contribution >= 4 is 21.4 Å². The van der Waals surface area contributed by atoms with Crippen molar-refractivity contribution in [3.8, 4) is 0 Å². The van der Waals surface area contributed by atoms with Crippen LogP contribution in [0.5, 0.6) is 0 Å². The van der Waals surface area contributed by atoms with Crippen LogP contribution in [0.1, 0.15) is 56.0 Å². The Kier molecular flexibility index (Phi) is 7.66. The Morgan fingerprint density at radius 1 is 1.00 bits per heavy atom. The normalized spacial score (nSPS) is 11.9. The van der Waals surface area contributed by atoms with Crippen LogP contribution in [0.15, 0.2) is 36.5 Å². The van der Waals surface area contributed by atoms with E-state index in [1.54, 1.807) is 20.0 Å². The van der Waals surface area contributed by atoms with Crippen LogP contribution in [-0.2, 0) is 34.9 Å². The molecule has 142 valence electrons. The van der Waals surface area contributed by atoms with Gasteiger partial charge in [0.15, 0.2) is 9.84 Å². The van der Waals surface area contributed by atoms with Crippen LogP contribution in [0, 0.1) is 0 Å². The second-order valence-corrected chi connectivity index (χ2v) is 10.0. The minimum Gasteiger partial charge on any atom is -0.258 e. The lowest BCUT2D eigenvalue weighted by Crippen LogP contribution is -2.17. The van der Waals surface area contributed by atoms with Crippen molar-refractivity contribution < 1.29 is 8.42 Å². The number of nitrogens with zero attached hydrogens (tertiary/aromatic N) is 1. The predicted octanol–water partition coefficient (Wildman–Crippen LogP) is 5.19. The summed E-state index contributed by atoms with van der Waals surface area (Å²) in [6, 6.07) is 10.6. The molecule has 0 saturated heterocycles. The van der Waals surface area contributed by atoms with Crippen LogP contribution < -0.4 is 0 Å². The molecule has 5 heteroatoms. The lowest BCUT2D eigenvalue weighted by molar-refractivity contribution is 0.586. The van der Waals surface area contributed by atoms with E-state index in [2.05, 4.69) is 36.2 Å². The molecule has 0 bridgehead atoms. The Balaban J connectivity index is 1.97. The third-order valence-electron chi connectivity index (χ3n) is 4.57. The smallest absolute Gasteiger partial charge is 0.158 e. The van der Waals surface area contributed by atoms with Gasteiger partial charge in [0.2, 0.25) is 0 Å². The molecule has 0 aliphatic rings. The van der Waals surface area contributed by atoms with Crippen LogP contribution in [0.2, 0.25) is 5.02 Å². The highest BCUT2D eigenvalue weighted by atomic mass is 35.5. The molecular formula is C21H28ClNO2S. The summed E-state index contributed by atoms with van der Waals surface area (Å²) in [7, 11) is -3.20. The molecule has 2 aromatic rings. The first-order valence-corrected chi connectivity index (χ1v) is 11.3. The number of sulfone groups is 1. The molecule has 3 nitrogen and oxygen atoms in total. The van der Waals surface area contributed by atoms with Crippen molar-refractivity contribution in [2.24, 2.45) is 0 Å². The fourth-order valence-electron chi connectivity index (χ4n) is 2.65. The van der Waals surface area contributed by atoms with Crippen LogP contribution in [0.4, 0.5) is 0 Å². The second-order valence-electron chi connectivity index (χ2n) is 7.05. The van der Waals surface area contributed by atoms with Gasteiger partial charge >= 0.3 is 0 Å². The molecule has 0 aliphatic heterocycles. The van der Waals surface area contributed by atoms with E-state index in [1.165, 1.54) is 24.0 Å². The molecule has 2 rings (SSSR count). The molecule has 0 amide bonds. The molecule has 0 atom stereocenters. The first-order chi connectivity index (χ1) is 12.3. The SMILES string of the molecule is CCCCc1ccc(CCc2cnc(CS(=O)(=O)C(C)C)c(Cl)c2)cc1. The Labute approximate surface area is 162 Å². The molecule has 0 saturated carbocycles. The fraction of sp³-hybridized carbons (Fsp3) is 0.476. The monoisotopic (exact) mass is 393 g/mol. The summed E-state index contributed by atoms with van der Waals surface area (Å²) in [5.74, 6) is -0.108. The zero-order chi connectivity index (χ0) is 19.2. The summed E-state index contributed by atoms with van der Waals surface area (Å²) < 4.78 is 24.1. The lowest BCUT2D eigenvalue weighted by Gasteiger charge is -2.10. The summed E-state index contributed by atoms with van der Waals surface area (Å²) in [6.07, 6.45) is 7.06. The van der Waals surface area contributed by atoms with Gasteiger partial charge < -0.3 is 0 Å². The third kappa shape index (κ3) is 6.10. The van der Waals surface area contributed by atoms with Crippen LogP contribution >= 0.6 is 11.6 Å². The van der Waals surface area contributed by atoms with Gasteiger partial charge in [-0.25, -0.2) is 8.42 Å². The number of aromatic nitrogens is 1. The summed E-state index contributed by atoms with van der Waals surface area (Å²) in [5.41, 5.74) is 4.13. The Morgan fingerprint density at radius 2 is 1.58 bits per heavy atom. The Bertz CT molecular complexity index is 814. The van der Waals surface area contributed by atoms with Gasteiger partial charge in [-0.05, 0) is 62.3 Å². The zero-order valence-electron chi connectivity index (χ0n) is 15.8. The van der Waals surface area contributed by atoms with Gasteiger partial charge in [0.1, 0.15) is 0 Å². The number of hydrogen-bond acceptors (Lipinski definition) is 3. The molecule has 1 heterocycles. The van der Waals surface area contributed by atoms with E-state index < -0.39 is 15.1 Å². The van der Waals surface area contributed by atoms with Crippen LogP contribution in [0.25, 0.3) is 0 Å². The van der Waals surface area contributed by atoms with E-state index in [1.807, 2.05) is 6.07 Å². The fourth-order valence-corrected chi connectivity index (χ4v) is 3.93. The van der Waals surface area contributed by atoms with E-state index in [0.29, 0.717) is 10.7 Å². The van der Waals surface area contributed by atoms with Crippen LogP contribution in [0.3, 0.4) is 0 Å². The van der Waals surface area contributed by atoms with Gasteiger partial charge in [-0.1, -0.05) is 49.2 Å². The maximum Gasteiger partial charge on any atom is 0.158 e. The first-order valence-electron chi connectivity index (χ1n) is 9.24. The summed E-state index contributed by atoms with van der Waals surface area (Å²) in [6.45, 7) is 5.55. The minimum absolute atomic E-state index is 0.108. The maximum absolute atomic E-state index is 12.0. The van der Waals surface area contributed by atoms with Crippen molar-refractivity contribution in [1.82, 2.24) is 4.98 Å². The zero-order valence-corrected chi connectivity index (χ0v) is 17.4. The molecule has 0 radical (unpaired) electrons. The van der Waals surface area contributed by atoms with Gasteiger partial charge in [0.25, 0.3) is 0 Å². The standard InChI is InChI=1S/C21H28ClNO2S/c1-4-5-6-17-7-9-18(10-8-17)11-12-19-13-20(22)21(23-14-19)15-26(24,25)16(2)3/h7-10,13-14,16H,4-6,11-12,15H2,1-3H3. The number of unbranched alkanes of at least 4 members (excludes halogenated alkanes) is 1. The molecule has 0 fully saturated rings. The highest BCUT2D eigenvalue weighted by Gasteiger charge is 2.19. The first kappa shape index (κ1) is 20.9. The average Bonchev–Trinajstić information content (AvgIpc) is 2.61. The van der Waals surface area contributed by atoms with Crippen molar-refractivity contribution in [1.29, 1.82) is 0 Å². The molecule has 0 N–H and O–H groups in total. The quantitative estimate of drug-likeness (QED) is 0.589. The van der Waals surface area contributed by atoms with Gasteiger partial charge in [-0.2, -0.15) is 0 Å². The lowest BCUT2D eigenvalue weighted by atomic mass is 10.0. The molecule has 0 aliphatic carbocycles. The molecule has 1 aromatic heterocycles. The number of halogens is 1. The van der Waals surface area contributed by atoms with Crippen LogP contribution in [-0.4, -0.2) is 18.7 Å². The number of hydrogen-bond donors (Lipinski definition) is 0. The van der Waals surface area contributed by atoms with Crippen molar-refractivity contribution in [2.45, 2.75) is 63.9 Å². The summed E-state index contributed by atoms with van der Waals surface area (Å²) >= 11 is 6.26. The maximum atomic E-state index is 12.0. The van der Waals surface area contributed by atoms with E-state index in [9.17, 15) is 8.42 Å². The number of pyridine rings is 1. The van der Waals surface area contributed by atoms with Crippen molar-refractivity contribution in [3.05, 3.63) is 63.9 Å². The summed E-state index contributed by atoms with van der Waals surface area (Å²) in [5, 5.41) is 0.00183. The van der Waals surface area contributed by atoms with E-state index in [-0.39, 0.29) is 5.75 Å². The van der Waals surface area contributed by atoms with E-state index in [4.69, 9.17) is 11.6 Å². The predicted molar refractivity (Wildman–Crippen MR) is 109 cm³/mol. The number of aryl methyl sites for hydroxylation is 3. The van der Waals surface area contributed by atoms with Gasteiger partial charge in [0, 0.05) is 6.20 Å².